The summed E-state index contributed by atoms with van der Waals surface area (Å²) in [5.41, 5.74) is -0.0136. The van der Waals surface area contributed by atoms with E-state index >= 15 is 0 Å². The molecule has 0 aliphatic carbocycles. The van der Waals surface area contributed by atoms with Crippen LogP contribution in [0, 0.1) is 10.1 Å². The number of nitrogens with one attached hydrogen (secondary N) is 1. The molecule has 1 rings (SSSR count). The molecule has 1 aromatic heterocycles. The maximum absolute atomic E-state index is 10.5. The van der Waals surface area contributed by atoms with Crippen molar-refractivity contribution < 1.29 is 10.0 Å². The lowest BCUT2D eigenvalue weighted by molar-refractivity contribution is -0.384. The van der Waals surface area contributed by atoms with Gasteiger partial charge in [-0.1, -0.05) is 6.92 Å². The molecule has 15 heavy (non-hydrogen) atoms. The Kier molecular flexibility index (Phi) is 3.99. The Labute approximate surface area is 87.1 Å². The first-order valence-corrected chi connectivity index (χ1v) is 4.65. The fourth-order valence-corrected chi connectivity index (χ4v) is 1.10. The van der Waals surface area contributed by atoms with Crippen molar-refractivity contribution in [2.24, 2.45) is 0 Å². The molecule has 0 amide bonds. The highest BCUT2D eigenvalue weighted by atomic mass is 16.6. The van der Waals surface area contributed by atoms with Crippen molar-refractivity contribution in [3.63, 3.8) is 0 Å². The van der Waals surface area contributed by atoms with Crippen LogP contribution in [-0.2, 0) is 0 Å². The number of pyridine rings is 1. The number of aliphatic hydroxyl groups excluding tert-OH is 1. The molecule has 0 aliphatic rings. The average Bonchev–Trinajstić information content (AvgIpc) is 2.26. The summed E-state index contributed by atoms with van der Waals surface area (Å²) < 4.78 is 0. The maximum Gasteiger partial charge on any atom is 0.274 e. The Hall–Kier alpha value is -1.69. The fraction of sp³-hybridized carbons (Fsp3) is 0.444. The molecular formula is C9H13N3O3. The number of nitro groups is 1. The molecule has 0 radical (unpaired) electrons. The zero-order valence-electron chi connectivity index (χ0n) is 8.38. The van der Waals surface area contributed by atoms with Crippen LogP contribution in [0.25, 0.3) is 0 Å². The molecule has 0 fully saturated rings. The van der Waals surface area contributed by atoms with Crippen LogP contribution < -0.4 is 5.32 Å². The van der Waals surface area contributed by atoms with Gasteiger partial charge in [0.25, 0.3) is 5.69 Å². The summed E-state index contributed by atoms with van der Waals surface area (Å²) in [6.07, 6.45) is 2.09. The normalized spacial score (nSPS) is 12.1. The summed E-state index contributed by atoms with van der Waals surface area (Å²) in [6.45, 7) is 1.88. The number of aliphatic hydroxyl groups is 1. The Morgan fingerprint density at radius 2 is 2.47 bits per heavy atom. The van der Waals surface area contributed by atoms with Gasteiger partial charge in [0.1, 0.15) is 5.82 Å². The van der Waals surface area contributed by atoms with E-state index < -0.39 is 4.92 Å². The minimum Gasteiger partial charge on any atom is -0.394 e. The van der Waals surface area contributed by atoms with Crippen LogP contribution in [0.4, 0.5) is 11.5 Å². The maximum atomic E-state index is 10.5. The van der Waals surface area contributed by atoms with E-state index in [1.807, 2.05) is 6.92 Å². The highest BCUT2D eigenvalue weighted by Crippen LogP contribution is 2.15. The van der Waals surface area contributed by atoms with Crippen molar-refractivity contribution in [1.29, 1.82) is 0 Å². The van der Waals surface area contributed by atoms with Crippen LogP contribution in [0.1, 0.15) is 13.3 Å². The van der Waals surface area contributed by atoms with Crippen molar-refractivity contribution in [3.05, 3.63) is 28.4 Å². The van der Waals surface area contributed by atoms with E-state index in [0.717, 1.165) is 6.42 Å². The molecule has 0 bridgehead atoms. The standard InChI is InChI=1S/C9H13N3O3/c1-2-7(6-13)11-9-5-8(12(14)15)3-4-10-9/h3-5,7,13H,2,6H2,1H3,(H,10,11). The van der Waals surface area contributed by atoms with Gasteiger partial charge in [-0.15, -0.1) is 0 Å². The van der Waals surface area contributed by atoms with Crippen LogP contribution >= 0.6 is 0 Å². The minimum absolute atomic E-state index is 0.0136. The molecule has 6 heteroatoms. The molecule has 0 spiro atoms. The third-order valence-corrected chi connectivity index (χ3v) is 2.02. The third kappa shape index (κ3) is 3.17. The van der Waals surface area contributed by atoms with Crippen LogP contribution in [0.2, 0.25) is 0 Å². The Balaban J connectivity index is 2.77. The Bertz CT molecular complexity index is 339. The molecule has 1 heterocycles. The predicted molar refractivity (Wildman–Crippen MR) is 55.7 cm³/mol. The second-order valence-electron chi connectivity index (χ2n) is 3.09. The average molecular weight is 211 g/mol. The lowest BCUT2D eigenvalue weighted by atomic mass is 10.2. The van der Waals surface area contributed by atoms with Gasteiger partial charge in [-0.05, 0) is 6.42 Å². The molecule has 6 nitrogen and oxygen atoms in total. The number of anilines is 1. The van der Waals surface area contributed by atoms with Crippen LogP contribution in [-0.4, -0.2) is 27.7 Å². The topological polar surface area (TPSA) is 88.3 Å². The van der Waals surface area contributed by atoms with E-state index in [1.165, 1.54) is 18.3 Å². The molecule has 1 atom stereocenters. The molecule has 2 N–H and O–H groups in total. The van der Waals surface area contributed by atoms with Gasteiger partial charge in [-0.3, -0.25) is 10.1 Å². The SMILES string of the molecule is CCC(CO)Nc1cc([N+](=O)[O-])ccn1. The number of aromatic nitrogens is 1. The summed E-state index contributed by atoms with van der Waals surface area (Å²) in [7, 11) is 0. The second-order valence-corrected chi connectivity index (χ2v) is 3.09. The van der Waals surface area contributed by atoms with E-state index in [4.69, 9.17) is 5.11 Å². The van der Waals surface area contributed by atoms with E-state index in [0.29, 0.717) is 5.82 Å². The van der Waals surface area contributed by atoms with Gasteiger partial charge < -0.3 is 10.4 Å². The first-order valence-electron chi connectivity index (χ1n) is 4.65. The predicted octanol–water partition coefficient (Wildman–Crippen LogP) is 1.17. The van der Waals surface area contributed by atoms with Crippen molar-refractivity contribution in [3.8, 4) is 0 Å². The van der Waals surface area contributed by atoms with Gasteiger partial charge in [0.15, 0.2) is 0 Å². The van der Waals surface area contributed by atoms with Crippen LogP contribution in [0.3, 0.4) is 0 Å². The van der Waals surface area contributed by atoms with Gasteiger partial charge in [0.2, 0.25) is 0 Å². The molecular weight excluding hydrogens is 198 g/mol. The third-order valence-electron chi connectivity index (χ3n) is 2.02. The van der Waals surface area contributed by atoms with Gasteiger partial charge in [0, 0.05) is 12.3 Å². The van der Waals surface area contributed by atoms with E-state index in [9.17, 15) is 10.1 Å². The summed E-state index contributed by atoms with van der Waals surface area (Å²) in [5, 5.41) is 22.3. The number of hydrogen-bond donors (Lipinski definition) is 2. The highest BCUT2D eigenvalue weighted by Gasteiger charge is 2.09. The molecule has 0 aliphatic heterocycles. The number of rotatable bonds is 5. The second kappa shape index (κ2) is 5.26. The van der Waals surface area contributed by atoms with Gasteiger partial charge >= 0.3 is 0 Å². The van der Waals surface area contributed by atoms with Crippen molar-refractivity contribution in [1.82, 2.24) is 4.98 Å². The Morgan fingerprint density at radius 1 is 1.73 bits per heavy atom. The molecule has 1 unspecified atom stereocenters. The zero-order chi connectivity index (χ0) is 11.3. The first kappa shape index (κ1) is 11.4. The summed E-state index contributed by atoms with van der Waals surface area (Å²) in [4.78, 5) is 13.9. The molecule has 1 aromatic rings. The highest BCUT2D eigenvalue weighted by molar-refractivity contribution is 5.44. The summed E-state index contributed by atoms with van der Waals surface area (Å²) >= 11 is 0. The van der Waals surface area contributed by atoms with Crippen LogP contribution in [0.5, 0.6) is 0 Å². The largest absolute Gasteiger partial charge is 0.394 e. The van der Waals surface area contributed by atoms with E-state index in [2.05, 4.69) is 10.3 Å². The lowest BCUT2D eigenvalue weighted by Crippen LogP contribution is -2.23. The van der Waals surface area contributed by atoms with Crippen molar-refractivity contribution in [2.45, 2.75) is 19.4 Å². The quantitative estimate of drug-likeness (QED) is 0.563. The zero-order valence-corrected chi connectivity index (χ0v) is 8.38. The molecule has 0 saturated carbocycles. The van der Waals surface area contributed by atoms with Crippen LogP contribution in [0.15, 0.2) is 18.3 Å². The van der Waals surface area contributed by atoms with Gasteiger partial charge in [0.05, 0.1) is 23.6 Å². The molecule has 0 aromatic carbocycles. The minimum atomic E-state index is -0.479. The molecule has 0 saturated heterocycles. The monoisotopic (exact) mass is 211 g/mol. The van der Waals surface area contributed by atoms with Crippen molar-refractivity contribution >= 4 is 11.5 Å². The van der Waals surface area contributed by atoms with Crippen molar-refractivity contribution in [2.75, 3.05) is 11.9 Å². The number of nitrogens with zero attached hydrogens (tertiary/aromatic N) is 2. The number of hydrogen-bond acceptors (Lipinski definition) is 5. The van der Waals surface area contributed by atoms with E-state index in [-0.39, 0.29) is 18.3 Å². The Morgan fingerprint density at radius 3 is 3.00 bits per heavy atom. The van der Waals surface area contributed by atoms with Gasteiger partial charge in [-0.25, -0.2) is 4.98 Å². The molecule has 82 valence electrons. The summed E-state index contributed by atoms with van der Waals surface area (Å²) in [5.74, 6) is 0.408. The van der Waals surface area contributed by atoms with E-state index in [1.54, 1.807) is 0 Å². The summed E-state index contributed by atoms with van der Waals surface area (Å²) in [6, 6.07) is 2.54. The first-order chi connectivity index (χ1) is 7.17. The lowest BCUT2D eigenvalue weighted by Gasteiger charge is -2.13. The smallest absolute Gasteiger partial charge is 0.274 e. The fourth-order valence-electron chi connectivity index (χ4n) is 1.10. The van der Waals surface area contributed by atoms with Gasteiger partial charge in [-0.2, -0.15) is 0 Å².